The molecule has 0 atom stereocenters. The molecule has 0 aliphatic heterocycles. The second kappa shape index (κ2) is 6.15. The van der Waals surface area contributed by atoms with Gasteiger partial charge in [0, 0.05) is 11.1 Å². The highest BCUT2D eigenvalue weighted by atomic mass is 35.5. The first-order valence-corrected chi connectivity index (χ1v) is 6.95. The summed E-state index contributed by atoms with van der Waals surface area (Å²) in [5, 5.41) is 4.26. The number of nitrogen functional groups attached to an aromatic ring is 1. The molecule has 0 spiro atoms. The molecule has 1 aromatic rings. The van der Waals surface area contributed by atoms with Crippen LogP contribution in [0.15, 0.2) is 18.2 Å². The van der Waals surface area contributed by atoms with Crippen molar-refractivity contribution < 1.29 is 0 Å². The van der Waals surface area contributed by atoms with Crippen molar-refractivity contribution in [3.05, 3.63) is 23.2 Å². The van der Waals surface area contributed by atoms with Gasteiger partial charge in [-0.25, -0.2) is 0 Å². The predicted molar refractivity (Wildman–Crippen MR) is 75.6 cm³/mol. The molecule has 0 aromatic heterocycles. The monoisotopic (exact) mass is 252 g/mol. The number of benzene rings is 1. The van der Waals surface area contributed by atoms with E-state index in [1.54, 1.807) is 0 Å². The lowest BCUT2D eigenvalue weighted by Gasteiger charge is -2.23. The van der Waals surface area contributed by atoms with Gasteiger partial charge in [0.2, 0.25) is 0 Å². The lowest BCUT2D eigenvalue weighted by atomic mass is 9.96. The Hall–Kier alpha value is -0.890. The molecule has 0 bridgehead atoms. The van der Waals surface area contributed by atoms with Crippen molar-refractivity contribution in [2.45, 2.75) is 51.0 Å². The number of nitrogens with two attached hydrogens (primary N) is 1. The van der Waals surface area contributed by atoms with Gasteiger partial charge in [-0.1, -0.05) is 43.7 Å². The maximum atomic E-state index is 5.96. The number of anilines is 2. The molecule has 17 heavy (non-hydrogen) atoms. The number of halogens is 1. The quantitative estimate of drug-likeness (QED) is 0.764. The largest absolute Gasteiger partial charge is 0.397 e. The molecule has 3 heteroatoms. The first-order chi connectivity index (χ1) is 8.25. The van der Waals surface area contributed by atoms with Crippen molar-refractivity contribution in [3.63, 3.8) is 0 Å². The van der Waals surface area contributed by atoms with Crippen LogP contribution in [0.4, 0.5) is 11.4 Å². The van der Waals surface area contributed by atoms with E-state index in [2.05, 4.69) is 5.32 Å². The van der Waals surface area contributed by atoms with Gasteiger partial charge in [-0.05, 0) is 31.0 Å². The topological polar surface area (TPSA) is 38.0 Å². The van der Waals surface area contributed by atoms with Gasteiger partial charge in [-0.2, -0.15) is 0 Å². The SMILES string of the molecule is Nc1cc(Cl)ccc1NC1CCCCCCC1. The summed E-state index contributed by atoms with van der Waals surface area (Å²) >= 11 is 5.90. The highest BCUT2D eigenvalue weighted by Crippen LogP contribution is 2.26. The lowest BCUT2D eigenvalue weighted by molar-refractivity contribution is 0.471. The van der Waals surface area contributed by atoms with Crippen LogP contribution >= 0.6 is 11.6 Å². The molecule has 1 aliphatic carbocycles. The van der Waals surface area contributed by atoms with Crippen LogP contribution in [0.2, 0.25) is 5.02 Å². The fourth-order valence-electron chi connectivity index (χ4n) is 2.49. The maximum absolute atomic E-state index is 5.96. The van der Waals surface area contributed by atoms with Crippen LogP contribution < -0.4 is 11.1 Å². The van der Waals surface area contributed by atoms with Gasteiger partial charge < -0.3 is 11.1 Å². The minimum absolute atomic E-state index is 0.568. The number of rotatable bonds is 2. The summed E-state index contributed by atoms with van der Waals surface area (Å²) in [4.78, 5) is 0. The van der Waals surface area contributed by atoms with Crippen LogP contribution in [0, 0.1) is 0 Å². The molecule has 1 saturated carbocycles. The molecule has 2 rings (SSSR count). The lowest BCUT2D eigenvalue weighted by Crippen LogP contribution is -2.21. The van der Waals surface area contributed by atoms with Gasteiger partial charge >= 0.3 is 0 Å². The van der Waals surface area contributed by atoms with Crippen molar-refractivity contribution in [1.82, 2.24) is 0 Å². The van der Waals surface area contributed by atoms with Crippen LogP contribution in [-0.2, 0) is 0 Å². The Balaban J connectivity index is 1.98. The minimum atomic E-state index is 0.568. The molecule has 3 N–H and O–H groups in total. The first-order valence-electron chi connectivity index (χ1n) is 6.57. The second-order valence-corrected chi connectivity index (χ2v) is 5.35. The summed E-state index contributed by atoms with van der Waals surface area (Å²) in [5.41, 5.74) is 7.74. The van der Waals surface area contributed by atoms with Crippen LogP contribution in [0.1, 0.15) is 44.9 Å². The average molecular weight is 253 g/mol. The fraction of sp³-hybridized carbons (Fsp3) is 0.571. The average Bonchev–Trinajstić information content (AvgIpc) is 2.25. The molecule has 2 nitrogen and oxygen atoms in total. The summed E-state index contributed by atoms with van der Waals surface area (Å²) in [6.45, 7) is 0. The molecular formula is C14H21ClN2. The van der Waals surface area contributed by atoms with Gasteiger partial charge in [-0.15, -0.1) is 0 Å². The van der Waals surface area contributed by atoms with E-state index in [-0.39, 0.29) is 0 Å². The predicted octanol–water partition coefficient (Wildman–Crippen LogP) is 4.45. The van der Waals surface area contributed by atoms with Crippen LogP contribution in [0.5, 0.6) is 0 Å². The Morgan fingerprint density at radius 3 is 2.35 bits per heavy atom. The third-order valence-electron chi connectivity index (χ3n) is 3.48. The van der Waals surface area contributed by atoms with Crippen molar-refractivity contribution >= 4 is 23.0 Å². The summed E-state index contributed by atoms with van der Waals surface area (Å²) in [7, 11) is 0. The number of nitrogens with one attached hydrogen (secondary N) is 1. The molecule has 0 unspecified atom stereocenters. The van der Waals surface area contributed by atoms with E-state index in [4.69, 9.17) is 17.3 Å². The van der Waals surface area contributed by atoms with E-state index in [0.29, 0.717) is 11.1 Å². The zero-order valence-electron chi connectivity index (χ0n) is 10.2. The second-order valence-electron chi connectivity index (χ2n) is 4.92. The number of hydrogen-bond donors (Lipinski definition) is 2. The Kier molecular flexibility index (Phi) is 4.55. The Morgan fingerprint density at radius 1 is 1.06 bits per heavy atom. The van der Waals surface area contributed by atoms with E-state index in [1.165, 1.54) is 44.9 Å². The third-order valence-corrected chi connectivity index (χ3v) is 3.71. The van der Waals surface area contributed by atoms with Gasteiger partial charge in [0.05, 0.1) is 11.4 Å². The molecule has 1 fully saturated rings. The molecule has 94 valence electrons. The van der Waals surface area contributed by atoms with Crippen LogP contribution in [0.3, 0.4) is 0 Å². The van der Waals surface area contributed by atoms with Crippen molar-refractivity contribution in [1.29, 1.82) is 0 Å². The van der Waals surface area contributed by atoms with Gasteiger partial charge in [0.1, 0.15) is 0 Å². The Labute approximate surface area is 109 Å². The van der Waals surface area contributed by atoms with Crippen LogP contribution in [-0.4, -0.2) is 6.04 Å². The smallest absolute Gasteiger partial charge is 0.0577 e. The highest BCUT2D eigenvalue weighted by Gasteiger charge is 2.12. The maximum Gasteiger partial charge on any atom is 0.0577 e. The van der Waals surface area contributed by atoms with Gasteiger partial charge in [-0.3, -0.25) is 0 Å². The van der Waals surface area contributed by atoms with E-state index in [1.807, 2.05) is 18.2 Å². The van der Waals surface area contributed by atoms with Gasteiger partial charge in [0.25, 0.3) is 0 Å². The zero-order chi connectivity index (χ0) is 12.1. The molecule has 0 heterocycles. The summed E-state index contributed by atoms with van der Waals surface area (Å²) in [6, 6.07) is 6.26. The summed E-state index contributed by atoms with van der Waals surface area (Å²) in [6.07, 6.45) is 9.29. The number of hydrogen-bond acceptors (Lipinski definition) is 2. The van der Waals surface area contributed by atoms with Crippen molar-refractivity contribution in [3.8, 4) is 0 Å². The van der Waals surface area contributed by atoms with E-state index in [9.17, 15) is 0 Å². The van der Waals surface area contributed by atoms with E-state index in [0.717, 1.165) is 11.4 Å². The van der Waals surface area contributed by atoms with Crippen LogP contribution in [0.25, 0.3) is 0 Å². The third kappa shape index (κ3) is 3.81. The molecule has 0 saturated heterocycles. The van der Waals surface area contributed by atoms with Crippen molar-refractivity contribution in [2.24, 2.45) is 0 Å². The van der Waals surface area contributed by atoms with E-state index >= 15 is 0 Å². The molecular weight excluding hydrogens is 232 g/mol. The molecule has 0 radical (unpaired) electrons. The Bertz CT molecular complexity index is 357. The summed E-state index contributed by atoms with van der Waals surface area (Å²) in [5.74, 6) is 0. The summed E-state index contributed by atoms with van der Waals surface area (Å²) < 4.78 is 0. The molecule has 1 aromatic carbocycles. The molecule has 1 aliphatic rings. The van der Waals surface area contributed by atoms with Gasteiger partial charge in [0.15, 0.2) is 0 Å². The van der Waals surface area contributed by atoms with E-state index < -0.39 is 0 Å². The first kappa shape index (κ1) is 12.6. The standard InChI is InChI=1S/C14H21ClN2/c15-11-8-9-14(13(16)10-11)17-12-6-4-2-1-3-5-7-12/h8-10,12,17H,1-7,16H2. The van der Waals surface area contributed by atoms with Crippen molar-refractivity contribution in [2.75, 3.05) is 11.1 Å². The zero-order valence-corrected chi connectivity index (χ0v) is 11.0. The highest BCUT2D eigenvalue weighted by molar-refractivity contribution is 6.31. The Morgan fingerprint density at radius 2 is 1.71 bits per heavy atom. The fourth-order valence-corrected chi connectivity index (χ4v) is 2.67. The molecule has 0 amide bonds. The normalized spacial score (nSPS) is 18.4. The minimum Gasteiger partial charge on any atom is -0.397 e.